The summed E-state index contributed by atoms with van der Waals surface area (Å²) in [6.45, 7) is 6.19. The fourth-order valence-electron chi connectivity index (χ4n) is 4.47. The molecule has 6 nitrogen and oxygen atoms in total. The lowest BCUT2D eigenvalue weighted by Crippen LogP contribution is -2.42. The van der Waals surface area contributed by atoms with Crippen molar-refractivity contribution in [1.82, 2.24) is 19.9 Å². The van der Waals surface area contributed by atoms with E-state index in [9.17, 15) is 4.79 Å². The number of hydrogen-bond acceptors (Lipinski definition) is 4. The molecule has 1 atom stereocenters. The van der Waals surface area contributed by atoms with Gasteiger partial charge in [-0.1, -0.05) is 31.4 Å². The van der Waals surface area contributed by atoms with Crippen molar-refractivity contribution in [3.63, 3.8) is 0 Å². The normalized spacial score (nSPS) is 25.6. The summed E-state index contributed by atoms with van der Waals surface area (Å²) < 4.78 is 7.61. The minimum atomic E-state index is -0.119. The maximum atomic E-state index is 13.0. The van der Waals surface area contributed by atoms with Gasteiger partial charge in [0.15, 0.2) is 0 Å². The Morgan fingerprint density at radius 1 is 1.23 bits per heavy atom. The molecule has 1 aromatic heterocycles. The molecule has 0 N–H and O–H groups in total. The Bertz CT molecular complexity index is 619. The minimum absolute atomic E-state index is 0.119. The van der Waals surface area contributed by atoms with E-state index in [0.717, 1.165) is 57.1 Å². The molecule has 0 radical (unpaired) electrons. The van der Waals surface area contributed by atoms with Crippen molar-refractivity contribution >= 4 is 5.91 Å². The molecule has 4 rings (SSSR count). The second-order valence-electron chi connectivity index (χ2n) is 8.92. The van der Waals surface area contributed by atoms with Crippen LogP contribution in [0.5, 0.6) is 0 Å². The minimum Gasteiger partial charge on any atom is -0.375 e. The molecule has 2 heterocycles. The Labute approximate surface area is 156 Å². The Morgan fingerprint density at radius 2 is 2.04 bits per heavy atom. The SMILES string of the molecule is CC1(C(=O)N2CCC(Cn3cc(COCC4CC4)nn3)C2)CCCCC1. The van der Waals surface area contributed by atoms with Crippen molar-refractivity contribution in [3.8, 4) is 0 Å². The topological polar surface area (TPSA) is 60.2 Å². The largest absolute Gasteiger partial charge is 0.375 e. The third kappa shape index (κ3) is 4.27. The summed E-state index contributed by atoms with van der Waals surface area (Å²) in [5, 5.41) is 8.47. The maximum absolute atomic E-state index is 13.0. The smallest absolute Gasteiger partial charge is 0.228 e. The third-order valence-electron chi connectivity index (χ3n) is 6.38. The number of aromatic nitrogens is 3. The molecule has 3 aliphatic rings. The third-order valence-corrected chi connectivity index (χ3v) is 6.38. The monoisotopic (exact) mass is 360 g/mol. The number of ether oxygens (including phenoxy) is 1. The zero-order valence-electron chi connectivity index (χ0n) is 16.0. The highest BCUT2D eigenvalue weighted by atomic mass is 16.5. The number of amides is 1. The van der Waals surface area contributed by atoms with Crippen molar-refractivity contribution < 1.29 is 9.53 Å². The highest BCUT2D eigenvalue weighted by molar-refractivity contribution is 5.82. The van der Waals surface area contributed by atoms with E-state index in [4.69, 9.17) is 4.74 Å². The molecular formula is C20H32N4O2. The number of carbonyl (C=O) groups excluding carboxylic acids is 1. The zero-order valence-corrected chi connectivity index (χ0v) is 16.0. The molecule has 1 unspecified atom stereocenters. The van der Waals surface area contributed by atoms with Crippen molar-refractivity contribution in [2.75, 3.05) is 19.7 Å². The van der Waals surface area contributed by atoms with E-state index in [2.05, 4.69) is 22.1 Å². The maximum Gasteiger partial charge on any atom is 0.228 e. The van der Waals surface area contributed by atoms with Gasteiger partial charge in [0, 0.05) is 31.7 Å². The van der Waals surface area contributed by atoms with Crippen LogP contribution in [0.1, 0.15) is 64.0 Å². The quantitative estimate of drug-likeness (QED) is 0.750. The molecule has 2 saturated carbocycles. The Balaban J connectivity index is 1.24. The van der Waals surface area contributed by atoms with Crippen LogP contribution < -0.4 is 0 Å². The number of rotatable bonds is 7. The van der Waals surface area contributed by atoms with Gasteiger partial charge in [0.1, 0.15) is 5.69 Å². The molecule has 1 amide bonds. The molecule has 26 heavy (non-hydrogen) atoms. The molecular weight excluding hydrogens is 328 g/mol. The molecule has 1 aromatic rings. The van der Waals surface area contributed by atoms with E-state index in [1.54, 1.807) is 0 Å². The van der Waals surface area contributed by atoms with Crippen LogP contribution in [-0.2, 0) is 22.7 Å². The first-order valence-electron chi connectivity index (χ1n) is 10.4. The van der Waals surface area contributed by atoms with Gasteiger partial charge >= 0.3 is 0 Å². The summed E-state index contributed by atoms with van der Waals surface area (Å²) in [6, 6.07) is 0. The van der Waals surface area contributed by atoms with Gasteiger partial charge in [0.2, 0.25) is 5.91 Å². The van der Waals surface area contributed by atoms with E-state index in [1.807, 2.05) is 10.9 Å². The molecule has 3 fully saturated rings. The van der Waals surface area contributed by atoms with Crippen LogP contribution in [0.25, 0.3) is 0 Å². The Hall–Kier alpha value is -1.43. The molecule has 0 aromatic carbocycles. The van der Waals surface area contributed by atoms with E-state index >= 15 is 0 Å². The number of likely N-dealkylation sites (tertiary alicyclic amines) is 1. The first-order chi connectivity index (χ1) is 12.6. The van der Waals surface area contributed by atoms with Crippen LogP contribution in [0, 0.1) is 17.3 Å². The van der Waals surface area contributed by atoms with Crippen LogP contribution in [0.4, 0.5) is 0 Å². The summed E-state index contributed by atoms with van der Waals surface area (Å²) in [7, 11) is 0. The summed E-state index contributed by atoms with van der Waals surface area (Å²) in [6.07, 6.45) is 11.5. The molecule has 0 spiro atoms. The number of carbonyl (C=O) groups is 1. The van der Waals surface area contributed by atoms with Gasteiger partial charge in [0.05, 0.1) is 12.8 Å². The Morgan fingerprint density at radius 3 is 2.81 bits per heavy atom. The number of nitrogens with zero attached hydrogens (tertiary/aromatic N) is 4. The summed E-state index contributed by atoms with van der Waals surface area (Å²) in [4.78, 5) is 15.1. The fraction of sp³-hybridized carbons (Fsp3) is 0.850. The summed E-state index contributed by atoms with van der Waals surface area (Å²) in [5.41, 5.74) is 0.790. The van der Waals surface area contributed by atoms with Gasteiger partial charge in [-0.15, -0.1) is 5.10 Å². The van der Waals surface area contributed by atoms with Gasteiger partial charge in [0.25, 0.3) is 0 Å². The standard InChI is InChI=1S/C20H32N4O2/c1-20(8-3-2-4-9-20)19(25)23-10-7-17(11-23)12-24-13-18(21-22-24)15-26-14-16-5-6-16/h13,16-17H,2-12,14-15H2,1H3. The average molecular weight is 361 g/mol. The van der Waals surface area contributed by atoms with Crippen molar-refractivity contribution in [2.24, 2.45) is 17.3 Å². The molecule has 144 valence electrons. The van der Waals surface area contributed by atoms with E-state index < -0.39 is 0 Å². The average Bonchev–Trinajstić information content (AvgIpc) is 3.16. The summed E-state index contributed by atoms with van der Waals surface area (Å²) in [5.74, 6) is 1.64. The molecule has 0 bridgehead atoms. The van der Waals surface area contributed by atoms with Crippen molar-refractivity contribution in [2.45, 2.75) is 71.4 Å². The second-order valence-corrected chi connectivity index (χ2v) is 8.92. The van der Waals surface area contributed by atoms with Crippen LogP contribution >= 0.6 is 0 Å². The molecule has 6 heteroatoms. The Kier molecular flexibility index (Phi) is 5.30. The highest BCUT2D eigenvalue weighted by Gasteiger charge is 2.39. The van der Waals surface area contributed by atoms with Gasteiger partial charge in [-0.05, 0) is 43.9 Å². The van der Waals surface area contributed by atoms with E-state index in [0.29, 0.717) is 18.4 Å². The summed E-state index contributed by atoms with van der Waals surface area (Å²) >= 11 is 0. The lowest BCUT2D eigenvalue weighted by molar-refractivity contribution is -0.142. The van der Waals surface area contributed by atoms with Crippen molar-refractivity contribution in [3.05, 3.63) is 11.9 Å². The van der Waals surface area contributed by atoms with Crippen LogP contribution in [0.2, 0.25) is 0 Å². The predicted molar refractivity (Wildman–Crippen MR) is 98.3 cm³/mol. The highest BCUT2D eigenvalue weighted by Crippen LogP contribution is 2.38. The number of hydrogen-bond donors (Lipinski definition) is 0. The molecule has 1 aliphatic heterocycles. The molecule has 2 aliphatic carbocycles. The van der Waals surface area contributed by atoms with E-state index in [1.165, 1.54) is 32.1 Å². The predicted octanol–water partition coefficient (Wildman–Crippen LogP) is 3.02. The zero-order chi connectivity index (χ0) is 18.0. The van der Waals surface area contributed by atoms with E-state index in [-0.39, 0.29) is 5.41 Å². The van der Waals surface area contributed by atoms with Gasteiger partial charge in [-0.2, -0.15) is 0 Å². The lowest BCUT2D eigenvalue weighted by Gasteiger charge is -2.35. The van der Waals surface area contributed by atoms with Crippen LogP contribution in [0.15, 0.2) is 6.20 Å². The van der Waals surface area contributed by atoms with Crippen LogP contribution in [0.3, 0.4) is 0 Å². The first-order valence-corrected chi connectivity index (χ1v) is 10.4. The fourth-order valence-corrected chi connectivity index (χ4v) is 4.47. The lowest BCUT2D eigenvalue weighted by atomic mass is 9.74. The van der Waals surface area contributed by atoms with Gasteiger partial charge in [-0.3, -0.25) is 9.48 Å². The van der Waals surface area contributed by atoms with Gasteiger partial charge < -0.3 is 9.64 Å². The van der Waals surface area contributed by atoms with Crippen LogP contribution in [-0.4, -0.2) is 45.5 Å². The van der Waals surface area contributed by atoms with Gasteiger partial charge in [-0.25, -0.2) is 0 Å². The first kappa shape index (κ1) is 18.0. The van der Waals surface area contributed by atoms with Crippen molar-refractivity contribution in [1.29, 1.82) is 0 Å². The second kappa shape index (κ2) is 7.67. The molecule has 1 saturated heterocycles.